The Morgan fingerprint density at radius 2 is 2.35 bits per heavy atom. The predicted molar refractivity (Wildman–Crippen MR) is 78.9 cm³/mol. The summed E-state index contributed by atoms with van der Waals surface area (Å²) in [6.45, 7) is 4.54. The summed E-state index contributed by atoms with van der Waals surface area (Å²) in [7, 11) is 0. The molecule has 0 saturated carbocycles. The lowest BCUT2D eigenvalue weighted by Crippen LogP contribution is -2.31. The molecule has 1 aromatic carbocycles. The average Bonchev–Trinajstić information content (AvgIpc) is 2.81. The fourth-order valence-electron chi connectivity index (χ4n) is 2.73. The van der Waals surface area contributed by atoms with Crippen molar-refractivity contribution in [1.82, 2.24) is 4.90 Å². The van der Waals surface area contributed by atoms with Gasteiger partial charge in [-0.1, -0.05) is 13.3 Å². The minimum absolute atomic E-state index is 0.0481. The van der Waals surface area contributed by atoms with E-state index in [0.29, 0.717) is 18.2 Å². The van der Waals surface area contributed by atoms with Crippen molar-refractivity contribution in [2.45, 2.75) is 26.2 Å². The van der Waals surface area contributed by atoms with Gasteiger partial charge >= 0.3 is 0 Å². The molecule has 1 aliphatic heterocycles. The fourth-order valence-corrected chi connectivity index (χ4v) is 2.73. The Bertz CT molecular complexity index is 478. The molecule has 5 heteroatoms. The van der Waals surface area contributed by atoms with Crippen molar-refractivity contribution >= 4 is 17.3 Å². The highest BCUT2D eigenvalue weighted by Gasteiger charge is 2.23. The molecule has 1 atom stereocenters. The number of nitrogens with zero attached hydrogens (tertiary/aromatic N) is 1. The summed E-state index contributed by atoms with van der Waals surface area (Å²) < 4.78 is 13.0. The van der Waals surface area contributed by atoms with Gasteiger partial charge in [0.25, 0.3) is 0 Å². The standard InChI is InChI=1S/C15H22FN3O/c1-2-3-11-6-7-19(9-11)10-15(20)18-12-4-5-13(16)14(17)8-12/h4-5,8,11H,2-3,6-7,9-10,17H2,1H3,(H,18,20). The number of rotatable bonds is 5. The molecule has 1 saturated heterocycles. The number of benzene rings is 1. The largest absolute Gasteiger partial charge is 0.396 e. The van der Waals surface area contributed by atoms with E-state index in [-0.39, 0.29) is 11.6 Å². The second-order valence-corrected chi connectivity index (χ2v) is 5.46. The summed E-state index contributed by atoms with van der Waals surface area (Å²) in [6, 6.07) is 4.22. The molecule has 3 N–H and O–H groups in total. The van der Waals surface area contributed by atoms with Gasteiger partial charge in [-0.3, -0.25) is 9.69 Å². The molecule has 0 bridgehead atoms. The van der Waals surface area contributed by atoms with E-state index in [0.717, 1.165) is 13.1 Å². The first-order valence-electron chi connectivity index (χ1n) is 7.15. The minimum Gasteiger partial charge on any atom is -0.396 e. The Kier molecular flexibility index (Phi) is 4.95. The zero-order valence-electron chi connectivity index (χ0n) is 11.9. The van der Waals surface area contributed by atoms with Crippen LogP contribution in [0.1, 0.15) is 26.2 Å². The molecule has 0 aliphatic carbocycles. The third kappa shape index (κ3) is 3.93. The monoisotopic (exact) mass is 279 g/mol. The van der Waals surface area contributed by atoms with E-state index in [1.165, 1.54) is 37.5 Å². The Labute approximate surface area is 119 Å². The SMILES string of the molecule is CCCC1CCN(CC(=O)Nc2ccc(F)c(N)c2)C1. The van der Waals surface area contributed by atoms with Crippen LogP contribution in [0.2, 0.25) is 0 Å². The van der Waals surface area contributed by atoms with E-state index in [4.69, 9.17) is 5.73 Å². The third-order valence-corrected chi connectivity index (χ3v) is 3.71. The summed E-state index contributed by atoms with van der Waals surface area (Å²) >= 11 is 0. The van der Waals surface area contributed by atoms with Crippen LogP contribution in [0.4, 0.5) is 15.8 Å². The molecule has 0 aromatic heterocycles. The first kappa shape index (κ1) is 14.8. The molecule has 20 heavy (non-hydrogen) atoms. The maximum Gasteiger partial charge on any atom is 0.238 e. The minimum atomic E-state index is -0.468. The van der Waals surface area contributed by atoms with E-state index < -0.39 is 5.82 Å². The fraction of sp³-hybridized carbons (Fsp3) is 0.533. The van der Waals surface area contributed by atoms with Gasteiger partial charge in [-0.25, -0.2) is 4.39 Å². The van der Waals surface area contributed by atoms with E-state index in [1.54, 1.807) is 0 Å². The van der Waals surface area contributed by atoms with Crippen LogP contribution < -0.4 is 11.1 Å². The van der Waals surface area contributed by atoms with Gasteiger partial charge in [0.15, 0.2) is 0 Å². The van der Waals surface area contributed by atoms with Gasteiger partial charge in [-0.15, -0.1) is 0 Å². The van der Waals surface area contributed by atoms with Gasteiger partial charge in [-0.05, 0) is 43.5 Å². The van der Waals surface area contributed by atoms with Crippen LogP contribution in [0.25, 0.3) is 0 Å². The lowest BCUT2D eigenvalue weighted by atomic mass is 10.0. The topological polar surface area (TPSA) is 58.4 Å². The molecule has 1 fully saturated rings. The third-order valence-electron chi connectivity index (χ3n) is 3.71. The number of amides is 1. The van der Waals surface area contributed by atoms with Crippen molar-refractivity contribution in [3.63, 3.8) is 0 Å². The summed E-state index contributed by atoms with van der Waals surface area (Å²) in [4.78, 5) is 14.1. The van der Waals surface area contributed by atoms with Gasteiger partial charge in [0.05, 0.1) is 12.2 Å². The van der Waals surface area contributed by atoms with Gasteiger partial charge < -0.3 is 11.1 Å². The average molecular weight is 279 g/mol. The number of anilines is 2. The highest BCUT2D eigenvalue weighted by atomic mass is 19.1. The molecule has 1 aliphatic rings. The van der Waals surface area contributed by atoms with Crippen molar-refractivity contribution < 1.29 is 9.18 Å². The Morgan fingerprint density at radius 1 is 1.55 bits per heavy atom. The van der Waals surface area contributed by atoms with Crippen LogP contribution in [0.15, 0.2) is 18.2 Å². The molecule has 0 radical (unpaired) electrons. The van der Waals surface area contributed by atoms with Crippen LogP contribution in [-0.4, -0.2) is 30.4 Å². The number of hydrogen-bond acceptors (Lipinski definition) is 3. The summed E-state index contributed by atoms with van der Waals surface area (Å²) in [5.74, 6) is 0.173. The Morgan fingerprint density at radius 3 is 3.05 bits per heavy atom. The normalized spacial score (nSPS) is 19.2. The number of carbonyl (C=O) groups excluding carboxylic acids is 1. The molecule has 1 unspecified atom stereocenters. The maximum absolute atomic E-state index is 13.0. The van der Waals surface area contributed by atoms with Crippen molar-refractivity contribution in [2.24, 2.45) is 5.92 Å². The summed E-state index contributed by atoms with van der Waals surface area (Å²) in [5, 5.41) is 2.76. The quantitative estimate of drug-likeness (QED) is 0.814. The molecule has 1 aromatic rings. The predicted octanol–water partition coefficient (Wildman–Crippen LogP) is 2.47. The number of likely N-dealkylation sites (tertiary alicyclic amines) is 1. The van der Waals surface area contributed by atoms with E-state index in [9.17, 15) is 9.18 Å². The first-order valence-corrected chi connectivity index (χ1v) is 7.15. The van der Waals surface area contributed by atoms with Gasteiger partial charge in [0, 0.05) is 12.2 Å². The van der Waals surface area contributed by atoms with Crippen LogP contribution in [-0.2, 0) is 4.79 Å². The zero-order valence-corrected chi connectivity index (χ0v) is 11.9. The number of hydrogen-bond donors (Lipinski definition) is 2. The van der Waals surface area contributed by atoms with Crippen LogP contribution in [0.3, 0.4) is 0 Å². The first-order chi connectivity index (χ1) is 9.58. The summed E-state index contributed by atoms with van der Waals surface area (Å²) in [6.07, 6.45) is 3.59. The molecule has 1 heterocycles. The number of nitrogen functional groups attached to an aromatic ring is 1. The number of carbonyl (C=O) groups is 1. The number of halogens is 1. The van der Waals surface area contributed by atoms with Gasteiger partial charge in [0.1, 0.15) is 5.82 Å². The van der Waals surface area contributed by atoms with Gasteiger partial charge in [0.2, 0.25) is 5.91 Å². The Hall–Kier alpha value is -1.62. The van der Waals surface area contributed by atoms with Gasteiger partial charge in [-0.2, -0.15) is 0 Å². The highest BCUT2D eigenvalue weighted by molar-refractivity contribution is 5.92. The van der Waals surface area contributed by atoms with E-state index >= 15 is 0 Å². The van der Waals surface area contributed by atoms with E-state index in [2.05, 4.69) is 17.1 Å². The van der Waals surface area contributed by atoms with Crippen LogP contribution in [0.5, 0.6) is 0 Å². The van der Waals surface area contributed by atoms with Crippen LogP contribution in [0, 0.1) is 11.7 Å². The highest BCUT2D eigenvalue weighted by Crippen LogP contribution is 2.21. The summed E-state index contributed by atoms with van der Waals surface area (Å²) in [5.41, 5.74) is 6.06. The molecule has 110 valence electrons. The van der Waals surface area contributed by atoms with E-state index in [1.807, 2.05) is 0 Å². The molecular weight excluding hydrogens is 257 g/mol. The zero-order chi connectivity index (χ0) is 14.5. The molecule has 1 amide bonds. The maximum atomic E-state index is 13.0. The number of nitrogens with one attached hydrogen (secondary N) is 1. The molecular formula is C15H22FN3O. The second kappa shape index (κ2) is 6.70. The lowest BCUT2D eigenvalue weighted by Gasteiger charge is -2.15. The molecule has 0 spiro atoms. The second-order valence-electron chi connectivity index (χ2n) is 5.46. The smallest absolute Gasteiger partial charge is 0.238 e. The Balaban J connectivity index is 1.82. The molecule has 2 rings (SSSR count). The van der Waals surface area contributed by atoms with Crippen molar-refractivity contribution in [2.75, 3.05) is 30.7 Å². The van der Waals surface area contributed by atoms with Crippen molar-refractivity contribution in [3.05, 3.63) is 24.0 Å². The van der Waals surface area contributed by atoms with Crippen LogP contribution >= 0.6 is 0 Å². The number of nitrogens with two attached hydrogens (primary N) is 1. The molecule has 4 nitrogen and oxygen atoms in total. The van der Waals surface area contributed by atoms with Crippen molar-refractivity contribution in [1.29, 1.82) is 0 Å². The lowest BCUT2D eigenvalue weighted by molar-refractivity contribution is -0.117. The van der Waals surface area contributed by atoms with Crippen molar-refractivity contribution in [3.8, 4) is 0 Å².